The van der Waals surface area contributed by atoms with Gasteiger partial charge >= 0.3 is 0 Å². The van der Waals surface area contributed by atoms with Crippen LogP contribution >= 0.6 is 11.8 Å². The van der Waals surface area contributed by atoms with Gasteiger partial charge in [0.2, 0.25) is 11.9 Å². The second kappa shape index (κ2) is 9.29. The standard InChI is InChI=1S/C23H23N7O2S/c1-13-8-14(2)10-16(9-13)30-20(31)18(11-15-4-6-17(32-3)7-5-15)26-23(30)33-12-19-27-21(24)29-22(25)28-19/h4-11H,12H2,1-3H3,(H4,24,25,27,28,29)/b18-11-. The molecule has 10 heteroatoms. The minimum Gasteiger partial charge on any atom is -0.497 e. The first-order chi connectivity index (χ1) is 15.8. The molecule has 0 unspecified atom stereocenters. The Hall–Kier alpha value is -3.92. The Labute approximate surface area is 195 Å². The lowest BCUT2D eigenvalue weighted by Crippen LogP contribution is -2.30. The Kier molecular flexibility index (Phi) is 6.27. The van der Waals surface area contributed by atoms with Crippen LogP contribution in [-0.4, -0.2) is 33.1 Å². The zero-order valence-corrected chi connectivity index (χ0v) is 19.3. The van der Waals surface area contributed by atoms with Gasteiger partial charge in [0, 0.05) is 0 Å². The van der Waals surface area contributed by atoms with Crippen LogP contribution in [0, 0.1) is 13.8 Å². The zero-order chi connectivity index (χ0) is 23.5. The number of nitrogen functional groups attached to an aromatic ring is 2. The molecule has 2 aromatic carbocycles. The maximum Gasteiger partial charge on any atom is 0.283 e. The second-order valence-corrected chi connectivity index (χ2v) is 8.38. The molecule has 0 aliphatic carbocycles. The van der Waals surface area contributed by atoms with Gasteiger partial charge in [-0.3, -0.25) is 9.69 Å². The summed E-state index contributed by atoms with van der Waals surface area (Å²) in [4.78, 5) is 31.7. The number of aryl methyl sites for hydroxylation is 2. The first kappa shape index (κ1) is 22.3. The molecular weight excluding hydrogens is 438 g/mol. The van der Waals surface area contributed by atoms with Gasteiger partial charge in [-0.25, -0.2) is 4.99 Å². The summed E-state index contributed by atoms with van der Waals surface area (Å²) < 4.78 is 5.20. The Balaban J connectivity index is 1.69. The molecule has 0 saturated carbocycles. The highest BCUT2D eigenvalue weighted by Gasteiger charge is 2.32. The van der Waals surface area contributed by atoms with Gasteiger partial charge < -0.3 is 16.2 Å². The van der Waals surface area contributed by atoms with Gasteiger partial charge in [0.25, 0.3) is 5.91 Å². The second-order valence-electron chi connectivity index (χ2n) is 7.44. The molecule has 0 atom stereocenters. The van der Waals surface area contributed by atoms with Crippen molar-refractivity contribution >= 4 is 46.5 Å². The third-order valence-electron chi connectivity index (χ3n) is 4.76. The van der Waals surface area contributed by atoms with Crippen LogP contribution in [0.3, 0.4) is 0 Å². The van der Waals surface area contributed by atoms with Gasteiger partial charge in [-0.1, -0.05) is 30.0 Å². The SMILES string of the molecule is COc1ccc(/C=C2\N=C(SCc3nc(N)nc(N)n3)N(c3cc(C)cc(C)c3)C2=O)cc1. The number of aliphatic imine (C=N–C) groups is 1. The molecule has 1 aromatic heterocycles. The van der Waals surface area contributed by atoms with E-state index < -0.39 is 0 Å². The minimum atomic E-state index is -0.215. The van der Waals surface area contributed by atoms with Gasteiger partial charge in [-0.15, -0.1) is 0 Å². The molecule has 0 fully saturated rings. The number of hydrogen-bond acceptors (Lipinski definition) is 9. The summed E-state index contributed by atoms with van der Waals surface area (Å²) in [5.74, 6) is 1.35. The highest BCUT2D eigenvalue weighted by molar-refractivity contribution is 8.13. The van der Waals surface area contributed by atoms with Crippen LogP contribution in [0.15, 0.2) is 53.2 Å². The Morgan fingerprint density at radius 1 is 1.00 bits per heavy atom. The van der Waals surface area contributed by atoms with E-state index in [1.807, 2.05) is 50.2 Å². The first-order valence-corrected chi connectivity index (χ1v) is 11.1. The molecule has 0 radical (unpaired) electrons. The van der Waals surface area contributed by atoms with E-state index in [0.29, 0.717) is 22.4 Å². The van der Waals surface area contributed by atoms with E-state index in [4.69, 9.17) is 16.2 Å². The van der Waals surface area contributed by atoms with Gasteiger partial charge in [-0.05, 0) is 60.9 Å². The number of nitrogens with two attached hydrogens (primary N) is 2. The van der Waals surface area contributed by atoms with Crippen molar-refractivity contribution in [2.24, 2.45) is 4.99 Å². The molecule has 9 nitrogen and oxygen atoms in total. The molecule has 1 amide bonds. The van der Waals surface area contributed by atoms with Crippen molar-refractivity contribution in [3.05, 3.63) is 70.7 Å². The monoisotopic (exact) mass is 461 g/mol. The van der Waals surface area contributed by atoms with Crippen LogP contribution < -0.4 is 21.1 Å². The van der Waals surface area contributed by atoms with Crippen molar-refractivity contribution in [1.29, 1.82) is 0 Å². The number of anilines is 3. The summed E-state index contributed by atoms with van der Waals surface area (Å²) in [5, 5.41) is 0.516. The van der Waals surface area contributed by atoms with Crippen molar-refractivity contribution in [1.82, 2.24) is 15.0 Å². The van der Waals surface area contributed by atoms with Crippen molar-refractivity contribution < 1.29 is 9.53 Å². The molecule has 33 heavy (non-hydrogen) atoms. The summed E-state index contributed by atoms with van der Waals surface area (Å²) in [5.41, 5.74) is 15.4. The topological polar surface area (TPSA) is 133 Å². The third-order valence-corrected chi connectivity index (χ3v) is 5.69. The van der Waals surface area contributed by atoms with Gasteiger partial charge in [0.15, 0.2) is 5.17 Å². The zero-order valence-electron chi connectivity index (χ0n) is 18.4. The number of nitrogens with zero attached hydrogens (tertiary/aromatic N) is 5. The van der Waals surface area contributed by atoms with Crippen LogP contribution in [0.25, 0.3) is 6.08 Å². The van der Waals surface area contributed by atoms with E-state index in [9.17, 15) is 4.79 Å². The van der Waals surface area contributed by atoms with Gasteiger partial charge in [0.1, 0.15) is 17.3 Å². The highest BCUT2D eigenvalue weighted by atomic mass is 32.2. The molecule has 3 aromatic rings. The largest absolute Gasteiger partial charge is 0.497 e. The number of rotatable bonds is 5. The lowest BCUT2D eigenvalue weighted by Gasteiger charge is -2.19. The molecule has 0 saturated heterocycles. The molecule has 0 bridgehead atoms. The maximum atomic E-state index is 13.4. The predicted octanol–water partition coefficient (Wildman–Crippen LogP) is 3.34. The van der Waals surface area contributed by atoms with Crippen LogP contribution in [0.1, 0.15) is 22.5 Å². The average molecular weight is 462 g/mol. The number of amides is 1. The van der Waals surface area contributed by atoms with Crippen molar-refractivity contribution in [2.75, 3.05) is 23.5 Å². The fraction of sp³-hybridized carbons (Fsp3) is 0.174. The van der Waals surface area contributed by atoms with E-state index >= 15 is 0 Å². The number of amidine groups is 1. The van der Waals surface area contributed by atoms with E-state index in [0.717, 1.165) is 28.1 Å². The number of thioether (sulfide) groups is 1. The van der Waals surface area contributed by atoms with E-state index in [1.165, 1.54) is 11.8 Å². The quantitative estimate of drug-likeness (QED) is 0.553. The highest BCUT2D eigenvalue weighted by Crippen LogP contribution is 2.32. The minimum absolute atomic E-state index is 0.0498. The molecule has 0 spiro atoms. The third kappa shape index (κ3) is 5.12. The number of carbonyl (C=O) groups is 1. The lowest BCUT2D eigenvalue weighted by molar-refractivity contribution is -0.113. The van der Waals surface area contributed by atoms with E-state index in [2.05, 4.69) is 26.0 Å². The van der Waals surface area contributed by atoms with Crippen molar-refractivity contribution in [3.63, 3.8) is 0 Å². The smallest absolute Gasteiger partial charge is 0.283 e. The number of ether oxygens (including phenoxy) is 1. The lowest BCUT2D eigenvalue weighted by atomic mass is 10.1. The summed E-state index contributed by atoms with van der Waals surface area (Å²) in [6, 6.07) is 13.4. The fourth-order valence-electron chi connectivity index (χ4n) is 3.41. The number of carbonyl (C=O) groups excluding carboxylic acids is 1. The molecule has 1 aliphatic heterocycles. The van der Waals surface area contributed by atoms with Gasteiger partial charge in [-0.2, -0.15) is 15.0 Å². The van der Waals surface area contributed by atoms with Crippen LogP contribution in [-0.2, 0) is 10.5 Å². The number of benzene rings is 2. The van der Waals surface area contributed by atoms with Crippen LogP contribution in [0.2, 0.25) is 0 Å². The normalized spacial score (nSPS) is 14.6. The average Bonchev–Trinajstić information content (AvgIpc) is 3.06. The van der Waals surface area contributed by atoms with Crippen molar-refractivity contribution in [2.45, 2.75) is 19.6 Å². The van der Waals surface area contributed by atoms with Crippen LogP contribution in [0.4, 0.5) is 17.6 Å². The number of hydrogen-bond donors (Lipinski definition) is 2. The van der Waals surface area contributed by atoms with Gasteiger partial charge in [0.05, 0.1) is 18.6 Å². The molecule has 2 heterocycles. The molecule has 1 aliphatic rings. The number of aromatic nitrogens is 3. The maximum absolute atomic E-state index is 13.4. The van der Waals surface area contributed by atoms with E-state index in [-0.39, 0.29) is 17.8 Å². The van der Waals surface area contributed by atoms with Crippen LogP contribution in [0.5, 0.6) is 5.75 Å². The first-order valence-electron chi connectivity index (χ1n) is 10.1. The Morgan fingerprint density at radius 3 is 2.24 bits per heavy atom. The summed E-state index contributed by atoms with van der Waals surface area (Å²) in [7, 11) is 1.61. The molecule has 4 rings (SSSR count). The van der Waals surface area contributed by atoms with E-state index in [1.54, 1.807) is 18.1 Å². The van der Waals surface area contributed by atoms with Crippen molar-refractivity contribution in [3.8, 4) is 5.75 Å². The Morgan fingerprint density at radius 2 is 1.64 bits per heavy atom. The molecular formula is C23H23N7O2S. The predicted molar refractivity (Wildman–Crippen MR) is 132 cm³/mol. The molecule has 4 N–H and O–H groups in total. The summed E-state index contributed by atoms with van der Waals surface area (Å²) >= 11 is 1.32. The number of methoxy groups -OCH3 is 1. The molecule has 168 valence electrons. The Bertz CT molecular complexity index is 1230. The fourth-order valence-corrected chi connectivity index (χ4v) is 4.28. The summed E-state index contributed by atoms with van der Waals surface area (Å²) in [6.07, 6.45) is 1.75. The summed E-state index contributed by atoms with van der Waals surface area (Å²) in [6.45, 7) is 3.98.